The topological polar surface area (TPSA) is 115 Å². The maximum absolute atomic E-state index is 6.21. The van der Waals surface area contributed by atoms with Crippen molar-refractivity contribution in [2.24, 2.45) is 0 Å². The lowest BCUT2D eigenvalue weighted by Gasteiger charge is -2.13. The number of hydrogen-bond acceptors (Lipinski definition) is 10. The molecule has 0 bridgehead atoms. The molecule has 0 spiro atoms. The summed E-state index contributed by atoms with van der Waals surface area (Å²) in [7, 11) is 0. The third-order valence-corrected chi connectivity index (χ3v) is 10.7. The van der Waals surface area contributed by atoms with Crippen molar-refractivity contribution in [3.05, 3.63) is 60.7 Å². The van der Waals surface area contributed by atoms with Crippen LogP contribution in [0, 0.1) is 0 Å². The molecule has 0 N–H and O–H groups in total. The lowest BCUT2D eigenvalue weighted by atomic mass is 10.1. The second-order valence-electron chi connectivity index (χ2n) is 15.6. The van der Waals surface area contributed by atoms with Crippen molar-refractivity contribution in [2.45, 2.75) is 156 Å². The molecule has 2 heterocycles. The number of benzene rings is 3. The predicted octanol–water partition coefficient (Wildman–Crippen LogP) is 14.5. The number of ether oxygens (including phenoxy) is 4. The van der Waals surface area contributed by atoms with Crippen LogP contribution in [0.2, 0.25) is 0 Å². The Morgan fingerprint density at radius 2 is 0.683 bits per heavy atom. The molecule has 3 aromatic carbocycles. The van der Waals surface area contributed by atoms with Crippen LogP contribution in [0.3, 0.4) is 0 Å². The monoisotopic (exact) mass is 823 g/mol. The molecule has 326 valence electrons. The van der Waals surface area contributed by atoms with Gasteiger partial charge in [0, 0.05) is 11.1 Å². The standard InChI is InChI=1S/C50H70N4O6/c1-5-9-11-13-15-17-19-21-23-25-35-57-41-31-27-39(28-32-41)47-51-53-49(59-47)43-37-46(56-8-4)44(38-45(43)55-7-3)50-54-52-48(60-50)40-29-33-42(34-30-40)58-36-26-24-22-20-18-16-14-12-10-6-2/h27-34,37-38H,5-26,35-36H2,1-4H3. The minimum absolute atomic E-state index is 0.309. The summed E-state index contributed by atoms with van der Waals surface area (Å²) in [4.78, 5) is 0. The zero-order valence-electron chi connectivity index (χ0n) is 37.0. The molecule has 60 heavy (non-hydrogen) atoms. The van der Waals surface area contributed by atoms with Gasteiger partial charge in [-0.25, -0.2) is 0 Å². The number of rotatable bonds is 32. The van der Waals surface area contributed by atoms with E-state index in [1.165, 1.54) is 116 Å². The molecule has 0 saturated carbocycles. The fourth-order valence-electron chi connectivity index (χ4n) is 7.29. The molecule has 0 radical (unpaired) electrons. The van der Waals surface area contributed by atoms with E-state index < -0.39 is 0 Å². The van der Waals surface area contributed by atoms with E-state index in [1.807, 2.05) is 74.5 Å². The summed E-state index contributed by atoms with van der Waals surface area (Å²) in [6, 6.07) is 19.2. The van der Waals surface area contributed by atoms with Gasteiger partial charge in [-0.3, -0.25) is 0 Å². The van der Waals surface area contributed by atoms with Crippen LogP contribution in [0.25, 0.3) is 45.8 Å². The van der Waals surface area contributed by atoms with Crippen molar-refractivity contribution in [1.29, 1.82) is 0 Å². The highest BCUT2D eigenvalue weighted by atomic mass is 16.5. The van der Waals surface area contributed by atoms with Crippen LogP contribution in [0.5, 0.6) is 23.0 Å². The predicted molar refractivity (Wildman–Crippen MR) is 241 cm³/mol. The molecule has 0 saturated heterocycles. The van der Waals surface area contributed by atoms with Crippen molar-refractivity contribution >= 4 is 0 Å². The molecule has 10 heteroatoms. The quantitative estimate of drug-likeness (QED) is 0.0388. The molecule has 10 nitrogen and oxygen atoms in total. The van der Waals surface area contributed by atoms with E-state index in [2.05, 4.69) is 34.2 Å². The van der Waals surface area contributed by atoms with Gasteiger partial charge in [0.15, 0.2) is 0 Å². The SMILES string of the molecule is CCCCCCCCCCCCOc1ccc(-c2nnc(-c3cc(OCC)c(-c4nnc(-c5ccc(OCCCCCCCCCCCC)cc5)o4)cc3OCC)o2)cc1. The van der Waals surface area contributed by atoms with Gasteiger partial charge in [0.2, 0.25) is 11.8 Å². The van der Waals surface area contributed by atoms with Gasteiger partial charge in [-0.15, -0.1) is 20.4 Å². The average Bonchev–Trinajstić information content (AvgIpc) is 3.97. The number of aromatic nitrogens is 4. The first kappa shape index (κ1) is 46.2. The Hall–Kier alpha value is -4.86. The summed E-state index contributed by atoms with van der Waals surface area (Å²) in [5, 5.41) is 17.5. The molecule has 0 unspecified atom stereocenters. The number of hydrogen-bond donors (Lipinski definition) is 0. The summed E-state index contributed by atoms with van der Waals surface area (Å²) in [5.41, 5.74) is 2.80. The summed E-state index contributed by atoms with van der Waals surface area (Å²) in [5.74, 6) is 4.13. The average molecular weight is 823 g/mol. The molecule has 5 rings (SSSR count). The highest BCUT2D eigenvalue weighted by molar-refractivity contribution is 5.76. The molecular weight excluding hydrogens is 753 g/mol. The van der Waals surface area contributed by atoms with E-state index in [9.17, 15) is 0 Å². The van der Waals surface area contributed by atoms with Crippen molar-refractivity contribution in [3.8, 4) is 68.8 Å². The van der Waals surface area contributed by atoms with Gasteiger partial charge in [0.25, 0.3) is 11.8 Å². The Morgan fingerprint density at radius 3 is 1.02 bits per heavy atom. The van der Waals surface area contributed by atoms with E-state index in [1.54, 1.807) is 0 Å². The second kappa shape index (κ2) is 27.1. The maximum atomic E-state index is 6.21. The summed E-state index contributed by atoms with van der Waals surface area (Å²) >= 11 is 0. The summed E-state index contributed by atoms with van der Waals surface area (Å²) in [6.45, 7) is 10.7. The minimum Gasteiger partial charge on any atom is -0.494 e. The normalized spacial score (nSPS) is 11.3. The van der Waals surface area contributed by atoms with Crippen LogP contribution in [-0.2, 0) is 0 Å². The summed E-state index contributed by atoms with van der Waals surface area (Å²) < 4.78 is 36.6. The summed E-state index contributed by atoms with van der Waals surface area (Å²) in [6.07, 6.45) is 26.0. The van der Waals surface area contributed by atoms with Crippen LogP contribution in [0.15, 0.2) is 69.5 Å². The molecule has 0 aliphatic rings. The molecule has 0 aliphatic heterocycles. The van der Waals surface area contributed by atoms with E-state index in [-0.39, 0.29) is 0 Å². The van der Waals surface area contributed by atoms with Crippen molar-refractivity contribution in [3.63, 3.8) is 0 Å². The third-order valence-electron chi connectivity index (χ3n) is 10.7. The Morgan fingerprint density at radius 1 is 0.367 bits per heavy atom. The molecule has 5 aromatic rings. The molecule has 0 atom stereocenters. The third kappa shape index (κ3) is 15.3. The molecule has 0 amide bonds. The lowest BCUT2D eigenvalue weighted by molar-refractivity contribution is 0.304. The van der Waals surface area contributed by atoms with Gasteiger partial charge >= 0.3 is 0 Å². The number of unbranched alkanes of at least 4 members (excludes halogenated alkanes) is 18. The van der Waals surface area contributed by atoms with Crippen molar-refractivity contribution in [2.75, 3.05) is 26.4 Å². The van der Waals surface area contributed by atoms with E-state index >= 15 is 0 Å². The van der Waals surface area contributed by atoms with E-state index in [0.29, 0.717) is 72.6 Å². The maximum Gasteiger partial charge on any atom is 0.252 e. The molecular formula is C50H70N4O6. The second-order valence-corrected chi connectivity index (χ2v) is 15.6. The number of nitrogens with zero attached hydrogens (tertiary/aromatic N) is 4. The molecule has 2 aromatic heterocycles. The van der Waals surface area contributed by atoms with E-state index in [4.69, 9.17) is 27.8 Å². The zero-order valence-corrected chi connectivity index (χ0v) is 37.0. The fraction of sp³-hybridized carbons (Fsp3) is 0.560. The van der Waals surface area contributed by atoms with E-state index in [0.717, 1.165) is 35.5 Å². The lowest BCUT2D eigenvalue weighted by Crippen LogP contribution is -1.99. The van der Waals surface area contributed by atoms with Crippen molar-refractivity contribution in [1.82, 2.24) is 20.4 Å². The van der Waals surface area contributed by atoms with Crippen LogP contribution in [0.4, 0.5) is 0 Å². The smallest absolute Gasteiger partial charge is 0.252 e. The highest BCUT2D eigenvalue weighted by Gasteiger charge is 2.23. The van der Waals surface area contributed by atoms with Gasteiger partial charge in [0.05, 0.1) is 37.6 Å². The van der Waals surface area contributed by atoms with Crippen LogP contribution >= 0.6 is 0 Å². The fourth-order valence-corrected chi connectivity index (χ4v) is 7.29. The van der Waals surface area contributed by atoms with Gasteiger partial charge in [-0.05, 0) is 87.4 Å². The van der Waals surface area contributed by atoms with Crippen molar-refractivity contribution < 1.29 is 27.8 Å². The minimum atomic E-state index is 0.309. The Bertz CT molecular complexity index is 1750. The highest BCUT2D eigenvalue weighted by Crippen LogP contribution is 2.41. The van der Waals surface area contributed by atoms with Crippen LogP contribution < -0.4 is 18.9 Å². The van der Waals surface area contributed by atoms with Gasteiger partial charge in [-0.2, -0.15) is 0 Å². The first-order chi connectivity index (χ1) is 29.6. The molecule has 0 fully saturated rings. The first-order valence-corrected chi connectivity index (χ1v) is 23.2. The Kier molecular flexibility index (Phi) is 20.9. The Balaban J connectivity index is 1.14. The van der Waals surface area contributed by atoms with Gasteiger partial charge in [0.1, 0.15) is 23.0 Å². The first-order valence-electron chi connectivity index (χ1n) is 23.2. The molecule has 0 aliphatic carbocycles. The van der Waals surface area contributed by atoms with Gasteiger partial charge in [-0.1, -0.05) is 129 Å². The largest absolute Gasteiger partial charge is 0.494 e. The zero-order chi connectivity index (χ0) is 42.0. The van der Waals surface area contributed by atoms with Crippen LogP contribution in [0.1, 0.15) is 156 Å². The Labute approximate surface area is 359 Å². The van der Waals surface area contributed by atoms with Crippen LogP contribution in [-0.4, -0.2) is 46.8 Å². The van der Waals surface area contributed by atoms with Gasteiger partial charge < -0.3 is 27.8 Å².